The molecule has 1 rings (SSSR count). The molecule has 0 amide bonds. The van der Waals surface area contributed by atoms with Gasteiger partial charge in [0.2, 0.25) is 0 Å². The molecule has 1 atom stereocenters. The van der Waals surface area contributed by atoms with E-state index in [1.807, 2.05) is 0 Å². The topological polar surface area (TPSA) is 67.8 Å². The van der Waals surface area contributed by atoms with E-state index in [0.717, 1.165) is 18.2 Å². The summed E-state index contributed by atoms with van der Waals surface area (Å²) in [5, 5.41) is 10.5. The van der Waals surface area contributed by atoms with Crippen LogP contribution in [0.2, 0.25) is 0 Å². The second kappa shape index (κ2) is 6.10. The first-order valence-electron chi connectivity index (χ1n) is 5.40. The van der Waals surface area contributed by atoms with E-state index in [1.54, 1.807) is 0 Å². The number of amidine groups is 1. The average Bonchev–Trinajstić information content (AvgIpc) is 2.36. The number of ether oxygens (including phenoxy) is 1. The summed E-state index contributed by atoms with van der Waals surface area (Å²) >= 11 is 0. The van der Waals surface area contributed by atoms with Crippen LogP contribution < -0.4 is 10.5 Å². The quantitative estimate of drug-likeness (QED) is 0.295. The zero-order chi connectivity index (χ0) is 16.3. The Morgan fingerprint density at radius 3 is 2.33 bits per heavy atom. The fourth-order valence-corrected chi connectivity index (χ4v) is 1.36. The van der Waals surface area contributed by atoms with E-state index in [2.05, 4.69) is 9.89 Å². The molecule has 3 N–H and O–H groups in total. The number of nitrogens with two attached hydrogens (primary N) is 1. The first-order chi connectivity index (χ1) is 9.55. The molecule has 0 fully saturated rings. The van der Waals surface area contributed by atoms with Crippen molar-refractivity contribution in [1.29, 1.82) is 0 Å². The van der Waals surface area contributed by atoms with Crippen molar-refractivity contribution in [3.63, 3.8) is 0 Å². The highest BCUT2D eigenvalue weighted by molar-refractivity contribution is 5.83. The van der Waals surface area contributed by atoms with E-state index < -0.39 is 42.0 Å². The Kier molecular flexibility index (Phi) is 4.92. The van der Waals surface area contributed by atoms with Gasteiger partial charge in [0.25, 0.3) is 0 Å². The van der Waals surface area contributed by atoms with Crippen molar-refractivity contribution in [1.82, 2.24) is 0 Å². The molecule has 1 aromatic rings. The monoisotopic (exact) mass is 316 g/mol. The normalized spacial score (nSPS) is 14.9. The van der Waals surface area contributed by atoms with Gasteiger partial charge >= 0.3 is 12.4 Å². The summed E-state index contributed by atoms with van der Waals surface area (Å²) < 4.78 is 79.7. The van der Waals surface area contributed by atoms with Gasteiger partial charge in [-0.25, -0.2) is 0 Å². The third kappa shape index (κ3) is 4.72. The first-order valence-corrected chi connectivity index (χ1v) is 5.40. The Morgan fingerprint density at radius 2 is 1.86 bits per heavy atom. The van der Waals surface area contributed by atoms with E-state index in [1.165, 1.54) is 0 Å². The second-order valence-corrected chi connectivity index (χ2v) is 3.96. The maximum atomic E-state index is 12.6. The SMILES string of the molecule is N/C(=N/O)C(COc1cccc(C(F)(F)F)c1)C(F)(F)F. The highest BCUT2D eigenvalue weighted by Gasteiger charge is 2.43. The van der Waals surface area contributed by atoms with E-state index in [-0.39, 0.29) is 0 Å². The summed E-state index contributed by atoms with van der Waals surface area (Å²) in [5.74, 6) is -3.99. The van der Waals surface area contributed by atoms with Crippen molar-refractivity contribution in [3.8, 4) is 5.75 Å². The molecule has 0 bridgehead atoms. The fraction of sp³-hybridized carbons (Fsp3) is 0.364. The average molecular weight is 316 g/mol. The molecule has 0 saturated heterocycles. The standard InChI is InChI=1S/C11H10F6N2O2/c12-10(13,14)6-2-1-3-7(4-6)21-5-8(9(18)19-20)11(15,16)17/h1-4,8,20H,5H2,(H2,18,19). The van der Waals surface area contributed by atoms with Crippen molar-refractivity contribution in [2.75, 3.05) is 6.61 Å². The van der Waals surface area contributed by atoms with Gasteiger partial charge in [-0.1, -0.05) is 11.2 Å². The van der Waals surface area contributed by atoms with Gasteiger partial charge in [-0.2, -0.15) is 26.3 Å². The van der Waals surface area contributed by atoms with Crippen LogP contribution in [0.1, 0.15) is 5.56 Å². The molecule has 4 nitrogen and oxygen atoms in total. The van der Waals surface area contributed by atoms with Gasteiger partial charge in [-0.15, -0.1) is 0 Å². The number of rotatable bonds is 4. The van der Waals surface area contributed by atoms with Crippen LogP contribution >= 0.6 is 0 Å². The zero-order valence-electron chi connectivity index (χ0n) is 10.2. The number of halogens is 6. The van der Waals surface area contributed by atoms with E-state index in [9.17, 15) is 26.3 Å². The molecule has 1 aromatic carbocycles. The Bertz CT molecular complexity index is 512. The minimum Gasteiger partial charge on any atom is -0.492 e. The lowest BCUT2D eigenvalue weighted by atomic mass is 10.1. The van der Waals surface area contributed by atoms with Gasteiger partial charge in [0.05, 0.1) is 5.56 Å². The van der Waals surface area contributed by atoms with Gasteiger partial charge in [-0.3, -0.25) is 0 Å². The minimum atomic E-state index is -4.86. The van der Waals surface area contributed by atoms with Crippen molar-refractivity contribution < 1.29 is 36.3 Å². The second-order valence-electron chi connectivity index (χ2n) is 3.96. The van der Waals surface area contributed by atoms with Crippen LogP contribution in [0, 0.1) is 5.92 Å². The fourth-order valence-electron chi connectivity index (χ4n) is 1.36. The number of nitrogens with zero attached hydrogens (tertiary/aromatic N) is 1. The largest absolute Gasteiger partial charge is 0.492 e. The van der Waals surface area contributed by atoms with E-state index in [0.29, 0.717) is 6.07 Å². The molecule has 21 heavy (non-hydrogen) atoms. The molecule has 0 heterocycles. The molecule has 0 radical (unpaired) electrons. The summed E-state index contributed by atoms with van der Waals surface area (Å²) in [7, 11) is 0. The Balaban J connectivity index is 2.87. The number of benzene rings is 1. The van der Waals surface area contributed by atoms with E-state index in [4.69, 9.17) is 10.9 Å². The van der Waals surface area contributed by atoms with Crippen LogP contribution in [0.15, 0.2) is 29.4 Å². The van der Waals surface area contributed by atoms with Gasteiger partial charge in [0.15, 0.2) is 5.84 Å². The number of oxime groups is 1. The highest BCUT2D eigenvalue weighted by atomic mass is 19.4. The van der Waals surface area contributed by atoms with Crippen LogP contribution in [-0.2, 0) is 6.18 Å². The molecule has 0 aliphatic heterocycles. The Morgan fingerprint density at radius 1 is 1.24 bits per heavy atom. The maximum absolute atomic E-state index is 12.6. The summed E-state index contributed by atoms with van der Waals surface area (Å²) in [6.07, 6.45) is -9.51. The molecular formula is C11H10F6N2O2. The van der Waals surface area contributed by atoms with Crippen LogP contribution in [0.25, 0.3) is 0 Å². The van der Waals surface area contributed by atoms with Crippen LogP contribution in [0.4, 0.5) is 26.3 Å². The minimum absolute atomic E-state index is 0.412. The molecule has 0 aliphatic carbocycles. The van der Waals surface area contributed by atoms with E-state index >= 15 is 0 Å². The number of hydrogen-bond donors (Lipinski definition) is 2. The molecule has 118 valence electrons. The molecule has 0 aromatic heterocycles. The lowest BCUT2D eigenvalue weighted by molar-refractivity contribution is -0.162. The summed E-state index contributed by atoms with van der Waals surface area (Å²) in [4.78, 5) is 0. The highest BCUT2D eigenvalue weighted by Crippen LogP contribution is 2.32. The lowest BCUT2D eigenvalue weighted by Gasteiger charge is -2.19. The predicted molar refractivity (Wildman–Crippen MR) is 59.9 cm³/mol. The lowest BCUT2D eigenvalue weighted by Crippen LogP contribution is -2.40. The summed E-state index contributed by atoms with van der Waals surface area (Å²) in [5.41, 5.74) is 3.82. The van der Waals surface area contributed by atoms with Crippen molar-refractivity contribution in [2.45, 2.75) is 12.4 Å². The number of hydrogen-bond acceptors (Lipinski definition) is 3. The third-order valence-corrected chi connectivity index (χ3v) is 2.45. The van der Waals surface area contributed by atoms with Gasteiger partial charge < -0.3 is 15.7 Å². The number of alkyl halides is 6. The molecular weight excluding hydrogens is 306 g/mol. The summed E-state index contributed by atoms with van der Waals surface area (Å²) in [6.45, 7) is -1.11. The van der Waals surface area contributed by atoms with Crippen LogP contribution in [0.3, 0.4) is 0 Å². The predicted octanol–water partition coefficient (Wildman–Crippen LogP) is 3.01. The molecule has 10 heteroatoms. The smallest absolute Gasteiger partial charge is 0.416 e. The van der Waals surface area contributed by atoms with Crippen molar-refractivity contribution >= 4 is 5.84 Å². The molecule has 0 saturated carbocycles. The van der Waals surface area contributed by atoms with Crippen molar-refractivity contribution in [2.24, 2.45) is 16.8 Å². The molecule has 1 unspecified atom stereocenters. The van der Waals surface area contributed by atoms with Crippen LogP contribution in [0.5, 0.6) is 5.75 Å². The zero-order valence-corrected chi connectivity index (χ0v) is 10.2. The Hall–Kier alpha value is -2.13. The molecule has 0 spiro atoms. The van der Waals surface area contributed by atoms with Gasteiger partial charge in [0.1, 0.15) is 18.3 Å². The maximum Gasteiger partial charge on any atom is 0.416 e. The first kappa shape index (κ1) is 16.9. The van der Waals surface area contributed by atoms with Crippen molar-refractivity contribution in [3.05, 3.63) is 29.8 Å². The summed E-state index contributed by atoms with van der Waals surface area (Å²) in [6, 6.07) is 3.36. The molecule has 0 aliphatic rings. The third-order valence-electron chi connectivity index (χ3n) is 2.45. The Labute approximate surface area is 114 Å². The van der Waals surface area contributed by atoms with Gasteiger partial charge in [0, 0.05) is 0 Å². The van der Waals surface area contributed by atoms with Gasteiger partial charge in [-0.05, 0) is 18.2 Å². The van der Waals surface area contributed by atoms with Crippen LogP contribution in [-0.4, -0.2) is 23.8 Å².